The summed E-state index contributed by atoms with van der Waals surface area (Å²) in [5.74, 6) is -0.254. The summed E-state index contributed by atoms with van der Waals surface area (Å²) in [4.78, 5) is 35.6. The van der Waals surface area contributed by atoms with Crippen molar-refractivity contribution in [2.75, 3.05) is 12.4 Å². The lowest BCUT2D eigenvalue weighted by Crippen LogP contribution is -2.31. The van der Waals surface area contributed by atoms with Gasteiger partial charge >= 0.3 is 0 Å². The molecule has 0 bridgehead atoms. The van der Waals surface area contributed by atoms with Crippen molar-refractivity contribution < 1.29 is 14.5 Å². The van der Waals surface area contributed by atoms with E-state index in [0.29, 0.717) is 11.3 Å². The molecule has 0 aliphatic rings. The molecule has 0 aromatic heterocycles. The number of nitrogens with zero attached hydrogens (tertiary/aromatic N) is 2. The molecule has 1 N–H and O–H groups in total. The van der Waals surface area contributed by atoms with Gasteiger partial charge in [0.05, 0.1) is 17.4 Å². The second-order valence-electron chi connectivity index (χ2n) is 6.09. The van der Waals surface area contributed by atoms with Gasteiger partial charge in [-0.25, -0.2) is 0 Å². The molecule has 1 atom stereocenters. The fraction of sp³-hybridized carbons (Fsp3) is 0.263. The van der Waals surface area contributed by atoms with Crippen LogP contribution >= 0.6 is 0 Å². The summed E-state index contributed by atoms with van der Waals surface area (Å²) >= 11 is 0. The first-order chi connectivity index (χ1) is 12.3. The third-order valence-electron chi connectivity index (χ3n) is 4.17. The van der Waals surface area contributed by atoms with Crippen LogP contribution in [0.15, 0.2) is 48.5 Å². The first kappa shape index (κ1) is 19.1. The molecule has 2 aromatic carbocycles. The van der Waals surface area contributed by atoms with E-state index in [1.165, 1.54) is 19.1 Å². The van der Waals surface area contributed by atoms with E-state index < -0.39 is 4.92 Å². The molecule has 0 heterocycles. The molecule has 0 fully saturated rings. The Morgan fingerprint density at radius 2 is 1.85 bits per heavy atom. The first-order valence-corrected chi connectivity index (χ1v) is 8.14. The van der Waals surface area contributed by atoms with Gasteiger partial charge in [-0.05, 0) is 30.2 Å². The zero-order chi connectivity index (χ0) is 19.3. The Morgan fingerprint density at radius 3 is 2.42 bits per heavy atom. The maximum atomic E-state index is 12.5. The van der Waals surface area contributed by atoms with E-state index in [9.17, 15) is 19.7 Å². The average Bonchev–Trinajstić information content (AvgIpc) is 2.61. The Morgan fingerprint density at radius 1 is 1.19 bits per heavy atom. The topological polar surface area (TPSA) is 92.6 Å². The number of nitrogens with one attached hydrogen (secondary N) is 1. The highest BCUT2D eigenvalue weighted by atomic mass is 16.6. The van der Waals surface area contributed by atoms with E-state index in [2.05, 4.69) is 5.32 Å². The lowest BCUT2D eigenvalue weighted by Gasteiger charge is -2.25. The van der Waals surface area contributed by atoms with Crippen molar-refractivity contribution in [3.05, 3.63) is 69.8 Å². The van der Waals surface area contributed by atoms with Gasteiger partial charge in [-0.1, -0.05) is 24.3 Å². The van der Waals surface area contributed by atoms with Crippen molar-refractivity contribution in [3.8, 4) is 0 Å². The smallest absolute Gasteiger partial charge is 0.269 e. The van der Waals surface area contributed by atoms with Gasteiger partial charge in [0.15, 0.2) is 0 Å². The molecular weight excluding hydrogens is 334 g/mol. The largest absolute Gasteiger partial charge is 0.339 e. The van der Waals surface area contributed by atoms with Crippen LogP contribution in [-0.2, 0) is 16.0 Å². The van der Waals surface area contributed by atoms with E-state index in [0.717, 1.165) is 5.56 Å². The van der Waals surface area contributed by atoms with Gasteiger partial charge in [-0.2, -0.15) is 0 Å². The van der Waals surface area contributed by atoms with E-state index in [1.54, 1.807) is 48.3 Å². The summed E-state index contributed by atoms with van der Waals surface area (Å²) in [6, 6.07) is 13.1. The fourth-order valence-electron chi connectivity index (χ4n) is 2.55. The average molecular weight is 355 g/mol. The maximum Gasteiger partial charge on any atom is 0.269 e. The molecule has 0 aliphatic heterocycles. The highest BCUT2D eigenvalue weighted by Crippen LogP contribution is 2.23. The van der Waals surface area contributed by atoms with Crippen LogP contribution < -0.4 is 5.32 Å². The van der Waals surface area contributed by atoms with Crippen LogP contribution in [0, 0.1) is 10.1 Å². The summed E-state index contributed by atoms with van der Waals surface area (Å²) in [6.45, 7) is 3.26. The number of nitro groups is 1. The molecule has 0 aliphatic carbocycles. The molecular formula is C19H21N3O4. The Bertz CT molecular complexity index is 818. The minimum absolute atomic E-state index is 0.00348. The van der Waals surface area contributed by atoms with E-state index in [-0.39, 0.29) is 30.0 Å². The van der Waals surface area contributed by atoms with E-state index in [4.69, 9.17) is 0 Å². The van der Waals surface area contributed by atoms with Crippen molar-refractivity contribution >= 4 is 23.2 Å². The number of anilines is 1. The minimum Gasteiger partial charge on any atom is -0.339 e. The maximum absolute atomic E-state index is 12.5. The summed E-state index contributed by atoms with van der Waals surface area (Å²) < 4.78 is 0. The third kappa shape index (κ3) is 4.89. The van der Waals surface area contributed by atoms with E-state index >= 15 is 0 Å². The third-order valence-corrected chi connectivity index (χ3v) is 4.17. The first-order valence-electron chi connectivity index (χ1n) is 8.14. The van der Waals surface area contributed by atoms with Gasteiger partial charge in [0.1, 0.15) is 0 Å². The van der Waals surface area contributed by atoms with Gasteiger partial charge < -0.3 is 10.2 Å². The van der Waals surface area contributed by atoms with Crippen molar-refractivity contribution in [1.82, 2.24) is 4.90 Å². The van der Waals surface area contributed by atoms with Crippen LogP contribution in [0.5, 0.6) is 0 Å². The number of carbonyl (C=O) groups excluding carboxylic acids is 2. The normalized spacial score (nSPS) is 11.5. The number of benzene rings is 2. The SMILES string of the molecule is CC(=O)Nc1ccc(CC(=O)N(C)[C@H](C)c2cccc([N+](=O)[O-])c2)cc1. The molecule has 136 valence electrons. The van der Waals surface area contributed by atoms with Crippen LogP contribution in [0.1, 0.15) is 31.0 Å². The zero-order valence-corrected chi connectivity index (χ0v) is 14.9. The minimum atomic E-state index is -0.450. The second-order valence-corrected chi connectivity index (χ2v) is 6.09. The molecule has 2 amide bonds. The molecule has 2 rings (SSSR count). The summed E-state index contributed by atoms with van der Waals surface area (Å²) in [6.07, 6.45) is 0.204. The summed E-state index contributed by atoms with van der Waals surface area (Å²) in [7, 11) is 1.68. The Labute approximate surface area is 151 Å². The molecule has 7 nitrogen and oxygen atoms in total. The number of hydrogen-bond donors (Lipinski definition) is 1. The lowest BCUT2D eigenvalue weighted by atomic mass is 10.1. The quantitative estimate of drug-likeness (QED) is 0.635. The van der Waals surface area contributed by atoms with Crippen LogP contribution in [0.2, 0.25) is 0 Å². The second kappa shape index (κ2) is 8.24. The highest BCUT2D eigenvalue weighted by molar-refractivity contribution is 5.88. The predicted molar refractivity (Wildman–Crippen MR) is 98.7 cm³/mol. The van der Waals surface area contributed by atoms with Gasteiger partial charge in [0.25, 0.3) is 5.69 Å². The molecule has 0 spiro atoms. The number of rotatable bonds is 6. The van der Waals surface area contributed by atoms with Gasteiger partial charge in [-0.15, -0.1) is 0 Å². The molecule has 0 unspecified atom stereocenters. The van der Waals surface area contributed by atoms with E-state index in [1.807, 2.05) is 6.92 Å². The lowest BCUT2D eigenvalue weighted by molar-refractivity contribution is -0.384. The van der Waals surface area contributed by atoms with Crippen molar-refractivity contribution in [1.29, 1.82) is 0 Å². The number of amides is 2. The summed E-state index contributed by atoms with van der Waals surface area (Å²) in [5.41, 5.74) is 2.20. The van der Waals surface area contributed by atoms with Crippen LogP contribution in [0.4, 0.5) is 11.4 Å². The molecule has 7 heteroatoms. The Kier molecular flexibility index (Phi) is 6.06. The van der Waals surface area contributed by atoms with Crippen molar-refractivity contribution in [3.63, 3.8) is 0 Å². The molecule has 26 heavy (non-hydrogen) atoms. The van der Waals surface area contributed by atoms with Gasteiger partial charge in [-0.3, -0.25) is 19.7 Å². The number of likely N-dealkylation sites (N-methyl/N-ethyl adjacent to an activating group) is 1. The molecule has 2 aromatic rings. The fourth-order valence-corrected chi connectivity index (χ4v) is 2.55. The van der Waals surface area contributed by atoms with Gasteiger partial charge in [0.2, 0.25) is 11.8 Å². The van der Waals surface area contributed by atoms with Crippen LogP contribution in [0.25, 0.3) is 0 Å². The number of hydrogen-bond acceptors (Lipinski definition) is 4. The molecule has 0 radical (unpaired) electrons. The van der Waals surface area contributed by atoms with Gasteiger partial charge in [0, 0.05) is 31.8 Å². The summed E-state index contributed by atoms with van der Waals surface area (Å²) in [5, 5.41) is 13.6. The highest BCUT2D eigenvalue weighted by Gasteiger charge is 2.19. The molecule has 0 saturated heterocycles. The monoisotopic (exact) mass is 355 g/mol. The van der Waals surface area contributed by atoms with Crippen molar-refractivity contribution in [2.24, 2.45) is 0 Å². The number of non-ortho nitro benzene ring substituents is 1. The predicted octanol–water partition coefficient (Wildman–Crippen LogP) is 3.32. The Hall–Kier alpha value is -3.22. The standard InChI is InChI=1S/C19H21N3O4/c1-13(16-5-4-6-18(12-16)22(25)26)21(3)19(24)11-15-7-9-17(10-8-15)20-14(2)23/h4-10,12-13H,11H2,1-3H3,(H,20,23)/t13-/m1/s1. The molecule has 0 saturated carbocycles. The van der Waals surface area contributed by atoms with Crippen LogP contribution in [0.3, 0.4) is 0 Å². The van der Waals surface area contributed by atoms with Crippen molar-refractivity contribution in [2.45, 2.75) is 26.3 Å². The zero-order valence-electron chi connectivity index (χ0n) is 14.9. The number of carbonyl (C=O) groups is 2. The van der Waals surface area contributed by atoms with Crippen LogP contribution in [-0.4, -0.2) is 28.7 Å². The number of nitro benzene ring substituents is 1. The Balaban J connectivity index is 2.05.